The van der Waals surface area contributed by atoms with Gasteiger partial charge in [0.05, 0.1) is 11.3 Å². The van der Waals surface area contributed by atoms with Crippen molar-refractivity contribution in [2.45, 2.75) is 45.6 Å². The molecule has 5 nitrogen and oxygen atoms in total. The normalized spacial score (nSPS) is 15.0. The van der Waals surface area contributed by atoms with Crippen LogP contribution in [0.3, 0.4) is 0 Å². The summed E-state index contributed by atoms with van der Waals surface area (Å²) < 4.78 is 0. The van der Waals surface area contributed by atoms with Crippen molar-refractivity contribution in [3.8, 4) is 0 Å². The first kappa shape index (κ1) is 15.4. The van der Waals surface area contributed by atoms with Gasteiger partial charge in [-0.3, -0.25) is 0 Å². The van der Waals surface area contributed by atoms with Crippen LogP contribution in [0.5, 0.6) is 0 Å². The second-order valence-electron chi connectivity index (χ2n) is 5.46. The molecular weight excluding hydrogens is 268 g/mol. The fourth-order valence-corrected chi connectivity index (χ4v) is 2.97. The van der Waals surface area contributed by atoms with E-state index < -0.39 is 5.97 Å². The Morgan fingerprint density at radius 2 is 2.00 bits per heavy atom. The van der Waals surface area contributed by atoms with Crippen molar-refractivity contribution >= 4 is 17.7 Å². The van der Waals surface area contributed by atoms with Crippen LogP contribution in [0.1, 0.15) is 48.5 Å². The first-order valence-corrected chi connectivity index (χ1v) is 7.45. The van der Waals surface area contributed by atoms with Gasteiger partial charge in [-0.05, 0) is 38.3 Å². The molecule has 0 aliphatic heterocycles. The standard InChI is InChI=1S/C16H22N2O3/c1-3-18(12-8-4-5-9-12)16(21)17-14-11(2)7-6-10-13(14)15(19)20/h6-7,10,12H,3-5,8-9H2,1-2H3,(H,17,21)(H,19,20). The third-order valence-electron chi connectivity index (χ3n) is 4.10. The first-order valence-electron chi connectivity index (χ1n) is 7.45. The van der Waals surface area contributed by atoms with E-state index in [4.69, 9.17) is 0 Å². The highest BCUT2D eigenvalue weighted by molar-refractivity contribution is 6.01. The lowest BCUT2D eigenvalue weighted by atomic mass is 10.1. The summed E-state index contributed by atoms with van der Waals surface area (Å²) >= 11 is 0. The number of benzene rings is 1. The molecule has 0 spiro atoms. The second-order valence-corrected chi connectivity index (χ2v) is 5.46. The number of carbonyl (C=O) groups excluding carboxylic acids is 1. The molecule has 0 radical (unpaired) electrons. The van der Waals surface area contributed by atoms with Gasteiger partial charge in [0, 0.05) is 12.6 Å². The van der Waals surface area contributed by atoms with Crippen molar-refractivity contribution in [1.29, 1.82) is 0 Å². The molecule has 0 heterocycles. The lowest BCUT2D eigenvalue weighted by molar-refractivity contribution is 0.0698. The number of carbonyl (C=O) groups is 2. The third-order valence-corrected chi connectivity index (χ3v) is 4.10. The molecule has 0 atom stereocenters. The van der Waals surface area contributed by atoms with E-state index in [-0.39, 0.29) is 17.6 Å². The zero-order chi connectivity index (χ0) is 15.4. The van der Waals surface area contributed by atoms with E-state index in [0.29, 0.717) is 12.2 Å². The smallest absolute Gasteiger partial charge is 0.337 e. The van der Waals surface area contributed by atoms with Crippen LogP contribution in [-0.4, -0.2) is 34.6 Å². The Labute approximate surface area is 125 Å². The van der Waals surface area contributed by atoms with E-state index in [2.05, 4.69) is 5.32 Å². The summed E-state index contributed by atoms with van der Waals surface area (Å²) in [6, 6.07) is 5.06. The van der Waals surface area contributed by atoms with E-state index in [0.717, 1.165) is 31.2 Å². The van der Waals surface area contributed by atoms with Gasteiger partial charge < -0.3 is 15.3 Å². The molecular formula is C16H22N2O3. The fourth-order valence-electron chi connectivity index (χ4n) is 2.97. The van der Waals surface area contributed by atoms with Gasteiger partial charge in [-0.15, -0.1) is 0 Å². The molecule has 1 aromatic carbocycles. The van der Waals surface area contributed by atoms with Gasteiger partial charge in [0.15, 0.2) is 0 Å². The van der Waals surface area contributed by atoms with Crippen LogP contribution in [0.2, 0.25) is 0 Å². The lowest BCUT2D eigenvalue weighted by Crippen LogP contribution is -2.41. The van der Waals surface area contributed by atoms with Gasteiger partial charge in [0.2, 0.25) is 0 Å². The highest BCUT2D eigenvalue weighted by Crippen LogP contribution is 2.25. The average molecular weight is 290 g/mol. The number of amides is 2. The number of nitrogens with zero attached hydrogens (tertiary/aromatic N) is 1. The van der Waals surface area contributed by atoms with E-state index in [1.54, 1.807) is 19.1 Å². The van der Waals surface area contributed by atoms with E-state index in [1.165, 1.54) is 6.07 Å². The van der Waals surface area contributed by atoms with Crippen molar-refractivity contribution in [3.63, 3.8) is 0 Å². The Balaban J connectivity index is 2.20. The molecule has 0 aromatic heterocycles. The maximum Gasteiger partial charge on any atom is 0.337 e. The molecule has 5 heteroatoms. The molecule has 2 rings (SSSR count). The van der Waals surface area contributed by atoms with Crippen LogP contribution in [0.15, 0.2) is 18.2 Å². The van der Waals surface area contributed by atoms with Crippen LogP contribution in [0.4, 0.5) is 10.5 Å². The minimum absolute atomic E-state index is 0.130. The Morgan fingerprint density at radius 3 is 2.57 bits per heavy atom. The summed E-state index contributed by atoms with van der Waals surface area (Å²) in [6.07, 6.45) is 4.36. The Bertz CT molecular complexity index is 536. The van der Waals surface area contributed by atoms with Crippen LogP contribution < -0.4 is 5.32 Å². The Hall–Kier alpha value is -2.04. The predicted octanol–water partition coefficient (Wildman–Crippen LogP) is 3.49. The highest BCUT2D eigenvalue weighted by atomic mass is 16.4. The summed E-state index contributed by atoms with van der Waals surface area (Å²) in [5.74, 6) is -1.03. The van der Waals surface area contributed by atoms with Gasteiger partial charge in [0.25, 0.3) is 0 Å². The third kappa shape index (κ3) is 3.35. The number of hydrogen-bond donors (Lipinski definition) is 2. The molecule has 1 fully saturated rings. The number of urea groups is 1. The molecule has 114 valence electrons. The summed E-state index contributed by atoms with van der Waals surface area (Å²) in [4.78, 5) is 25.6. The van der Waals surface area contributed by atoms with Crippen molar-refractivity contribution in [2.75, 3.05) is 11.9 Å². The van der Waals surface area contributed by atoms with Crippen LogP contribution in [-0.2, 0) is 0 Å². The zero-order valence-electron chi connectivity index (χ0n) is 12.6. The van der Waals surface area contributed by atoms with Crippen molar-refractivity contribution in [3.05, 3.63) is 29.3 Å². The van der Waals surface area contributed by atoms with Gasteiger partial charge in [-0.2, -0.15) is 0 Å². The second kappa shape index (κ2) is 6.61. The van der Waals surface area contributed by atoms with Crippen LogP contribution in [0, 0.1) is 6.92 Å². The Morgan fingerprint density at radius 1 is 1.33 bits per heavy atom. The molecule has 21 heavy (non-hydrogen) atoms. The number of aryl methyl sites for hydroxylation is 1. The van der Waals surface area contributed by atoms with Crippen LogP contribution >= 0.6 is 0 Å². The SMILES string of the molecule is CCN(C(=O)Nc1c(C)cccc1C(=O)O)C1CCCC1. The quantitative estimate of drug-likeness (QED) is 0.891. The predicted molar refractivity (Wildman–Crippen MR) is 81.8 cm³/mol. The van der Waals surface area contributed by atoms with Gasteiger partial charge in [-0.25, -0.2) is 9.59 Å². The minimum Gasteiger partial charge on any atom is -0.478 e. The van der Waals surface area contributed by atoms with Crippen molar-refractivity contribution < 1.29 is 14.7 Å². The lowest BCUT2D eigenvalue weighted by Gasteiger charge is -2.28. The molecule has 1 saturated carbocycles. The summed E-state index contributed by atoms with van der Waals surface area (Å²) in [5.41, 5.74) is 1.28. The monoisotopic (exact) mass is 290 g/mol. The fraction of sp³-hybridized carbons (Fsp3) is 0.500. The number of hydrogen-bond acceptors (Lipinski definition) is 2. The maximum atomic E-state index is 12.5. The van der Waals surface area contributed by atoms with Crippen molar-refractivity contribution in [1.82, 2.24) is 4.90 Å². The summed E-state index contributed by atoms with van der Waals surface area (Å²) in [7, 11) is 0. The van der Waals surface area contributed by atoms with Crippen LogP contribution in [0.25, 0.3) is 0 Å². The van der Waals surface area contributed by atoms with Gasteiger partial charge in [-0.1, -0.05) is 25.0 Å². The molecule has 2 amide bonds. The number of carboxylic acids is 1. The van der Waals surface area contributed by atoms with Gasteiger partial charge >= 0.3 is 12.0 Å². The number of rotatable bonds is 4. The minimum atomic E-state index is -1.03. The molecule has 1 aliphatic carbocycles. The first-order chi connectivity index (χ1) is 10.0. The van der Waals surface area contributed by atoms with Gasteiger partial charge in [0.1, 0.15) is 0 Å². The summed E-state index contributed by atoms with van der Waals surface area (Å²) in [6.45, 7) is 4.38. The van der Waals surface area contributed by atoms with Crippen molar-refractivity contribution in [2.24, 2.45) is 0 Å². The van der Waals surface area contributed by atoms with E-state index >= 15 is 0 Å². The largest absolute Gasteiger partial charge is 0.478 e. The highest BCUT2D eigenvalue weighted by Gasteiger charge is 2.26. The number of para-hydroxylation sites is 1. The molecule has 1 aliphatic rings. The van der Waals surface area contributed by atoms with E-state index in [1.807, 2.05) is 11.8 Å². The number of nitrogens with one attached hydrogen (secondary N) is 1. The Kier molecular flexibility index (Phi) is 4.83. The molecule has 0 bridgehead atoms. The topological polar surface area (TPSA) is 69.6 Å². The zero-order valence-corrected chi connectivity index (χ0v) is 12.6. The molecule has 0 unspecified atom stereocenters. The molecule has 0 saturated heterocycles. The molecule has 2 N–H and O–H groups in total. The number of anilines is 1. The molecule has 1 aromatic rings. The summed E-state index contributed by atoms with van der Waals surface area (Å²) in [5, 5.41) is 12.0. The maximum absolute atomic E-state index is 12.5. The van der Waals surface area contributed by atoms with E-state index in [9.17, 15) is 14.7 Å². The average Bonchev–Trinajstić information content (AvgIpc) is 2.95. The number of aromatic carboxylic acids is 1. The number of carboxylic acid groups (broad SMARTS) is 1.